The van der Waals surface area contributed by atoms with Gasteiger partial charge >= 0.3 is 12.1 Å². The molecule has 0 aliphatic carbocycles. The van der Waals surface area contributed by atoms with Crippen molar-refractivity contribution in [2.75, 3.05) is 56.4 Å². The predicted octanol–water partition coefficient (Wildman–Crippen LogP) is 9.43. The van der Waals surface area contributed by atoms with Crippen LogP contribution >= 0.6 is 0 Å². The molecule has 15 nitrogen and oxygen atoms in total. The maximum atomic E-state index is 13.2. The molecule has 0 saturated carbocycles. The Bertz CT molecular complexity index is 2640. The number of likely N-dealkylation sites (tertiary alicyclic amines) is 2. The minimum absolute atomic E-state index is 0.0174. The smallest absolute Gasteiger partial charge is 0.319 e. The lowest BCUT2D eigenvalue weighted by molar-refractivity contribution is -0.121. The Morgan fingerprint density at radius 2 is 1.25 bits per heavy atom. The number of benzene rings is 4. The van der Waals surface area contributed by atoms with Crippen LogP contribution in [-0.4, -0.2) is 111 Å². The summed E-state index contributed by atoms with van der Waals surface area (Å²) in [7, 11) is 1.74. The Morgan fingerprint density at radius 1 is 0.712 bits per heavy atom. The van der Waals surface area contributed by atoms with Gasteiger partial charge in [-0.05, 0) is 212 Å². The van der Waals surface area contributed by atoms with Gasteiger partial charge in [-0.25, -0.2) is 23.1 Å². The lowest BCUT2D eigenvalue weighted by Crippen LogP contribution is -2.41. The molecule has 0 spiro atoms. The molecule has 0 bridgehead atoms. The van der Waals surface area contributed by atoms with E-state index in [0.717, 1.165) is 83.4 Å². The van der Waals surface area contributed by atoms with E-state index in [2.05, 4.69) is 46.6 Å². The molecule has 2 aliphatic rings. The van der Waals surface area contributed by atoms with Crippen molar-refractivity contribution in [2.45, 2.75) is 104 Å². The van der Waals surface area contributed by atoms with Crippen LogP contribution in [0, 0.1) is 23.5 Å². The van der Waals surface area contributed by atoms with Gasteiger partial charge in [0.1, 0.15) is 17.4 Å². The minimum atomic E-state index is -0.738. The van der Waals surface area contributed by atoms with E-state index in [1.54, 1.807) is 42.9 Å². The van der Waals surface area contributed by atoms with Crippen LogP contribution in [0.25, 0.3) is 11.4 Å². The highest BCUT2D eigenvalue weighted by Crippen LogP contribution is 2.32. The molecule has 0 radical (unpaired) electrons. The molecule has 0 unspecified atom stereocenters. The highest BCUT2D eigenvalue weighted by atomic mass is 19.1. The first-order chi connectivity index (χ1) is 34.8. The number of urea groups is 2. The second kappa shape index (κ2) is 26.3. The molecule has 1 aromatic heterocycles. The molecule has 3 heterocycles. The van der Waals surface area contributed by atoms with Gasteiger partial charge in [0.25, 0.3) is 0 Å². The number of rotatable bonds is 19. The van der Waals surface area contributed by atoms with Crippen LogP contribution in [0.3, 0.4) is 0 Å². The third kappa shape index (κ3) is 17.2. The molecule has 4 N–H and O–H groups in total. The fraction of sp³-hybridized carbons (Fsp3) is 0.464. The summed E-state index contributed by atoms with van der Waals surface area (Å²) in [5.41, 5.74) is 4.85. The second-order valence-electron chi connectivity index (χ2n) is 20.3. The number of anilines is 2. The van der Waals surface area contributed by atoms with Gasteiger partial charge in [0, 0.05) is 72.7 Å². The molecular formula is C56H72F2N10O5. The maximum absolute atomic E-state index is 13.2. The largest absolute Gasteiger partial charge is 0.338 e. The maximum Gasteiger partial charge on any atom is 0.319 e. The van der Waals surface area contributed by atoms with Crippen molar-refractivity contribution in [3.05, 3.63) is 124 Å². The molecule has 73 heavy (non-hydrogen) atoms. The van der Waals surface area contributed by atoms with E-state index < -0.39 is 5.41 Å². The summed E-state index contributed by atoms with van der Waals surface area (Å²) in [6.45, 7) is 16.6. The summed E-state index contributed by atoms with van der Waals surface area (Å²) in [4.78, 5) is 65.9. The van der Waals surface area contributed by atoms with Crippen LogP contribution in [0.1, 0.15) is 117 Å². The fourth-order valence-electron chi connectivity index (χ4n) is 9.44. The number of hydrogen-bond donors (Lipinski definition) is 4. The zero-order valence-corrected chi connectivity index (χ0v) is 43.4. The Balaban J connectivity index is 0.000000241. The quantitative estimate of drug-likeness (QED) is 0.0459. The van der Waals surface area contributed by atoms with Gasteiger partial charge in [-0.2, -0.15) is 0 Å². The first kappa shape index (κ1) is 55.6. The molecule has 390 valence electrons. The molecular weight excluding hydrogens is 931 g/mol. The lowest BCUT2D eigenvalue weighted by Gasteiger charge is -2.33. The normalized spacial score (nSPS) is 16.6. The van der Waals surface area contributed by atoms with E-state index in [1.807, 2.05) is 57.2 Å². The van der Waals surface area contributed by atoms with Crippen LogP contribution in [0.5, 0.6) is 0 Å². The summed E-state index contributed by atoms with van der Waals surface area (Å²) in [6, 6.07) is 23.1. The van der Waals surface area contributed by atoms with Crippen molar-refractivity contribution in [3.8, 4) is 11.4 Å². The van der Waals surface area contributed by atoms with Crippen molar-refractivity contribution in [1.82, 2.24) is 40.6 Å². The predicted molar refractivity (Wildman–Crippen MR) is 281 cm³/mol. The van der Waals surface area contributed by atoms with E-state index in [9.17, 15) is 32.8 Å². The van der Waals surface area contributed by atoms with Crippen LogP contribution in [0.15, 0.2) is 84.9 Å². The summed E-state index contributed by atoms with van der Waals surface area (Å²) >= 11 is 0. The third-order valence-corrected chi connectivity index (χ3v) is 13.9. The molecule has 2 saturated heterocycles. The van der Waals surface area contributed by atoms with Gasteiger partial charge in [-0.1, -0.05) is 24.3 Å². The van der Waals surface area contributed by atoms with Gasteiger partial charge < -0.3 is 31.1 Å². The van der Waals surface area contributed by atoms with E-state index in [1.165, 1.54) is 62.1 Å². The number of carbonyl (C=O) groups is 5. The SMILES string of the molecule is CC(=O)C(C)(C)c1cc(NC(=O)NCCCN2CCC[C@@H](Cc3ccc(F)cc3)C2)cc(-c2nnnn2C)c1.CC(=O)c1cc(NC(=O)N[C@H](C)CCN2CCC[C@@H](Cc3ccc(F)cc3)C2)cc(C(C)=O)c1. The number of hydrogen-bond acceptors (Lipinski definition) is 10. The number of Topliss-reactive ketones (excluding diaryl/α,β-unsaturated/α-hetero) is 3. The highest BCUT2D eigenvalue weighted by Gasteiger charge is 2.28. The number of tetrazole rings is 1. The molecule has 5 aromatic rings. The van der Waals surface area contributed by atoms with E-state index >= 15 is 0 Å². The van der Waals surface area contributed by atoms with Gasteiger partial charge in [0.05, 0.1) is 0 Å². The number of aryl methyl sites for hydroxylation is 1. The van der Waals surface area contributed by atoms with Crippen LogP contribution in [-0.2, 0) is 30.1 Å². The zero-order valence-electron chi connectivity index (χ0n) is 43.4. The Kier molecular flexibility index (Phi) is 20.0. The molecule has 4 aromatic carbocycles. The van der Waals surface area contributed by atoms with Crippen molar-refractivity contribution in [1.29, 1.82) is 0 Å². The standard InChI is InChI=1S/C29H38FN7O2.C27H34FN3O3/c1-20(38)29(2,3)24-16-23(27-33-34-35-36(27)4)17-26(18-24)32-28(39)31-12-6-14-37-13-5-7-22(19-37)15-21-8-10-25(30)11-9-21;1-18(29-27(34)30-26-15-23(19(2)32)14-24(16-26)20(3)33)10-12-31-11-4-5-22(17-31)13-21-6-8-25(28)9-7-21/h8-11,16-18,22H,5-7,12-15,19H2,1-4H3,(H2,31,32,39);6-9,14-16,18,22H,4-5,10-13,17H2,1-3H3,(H2,29,30,34)/t22-;18-,22+/m01/s1. The van der Waals surface area contributed by atoms with E-state index in [0.29, 0.717) is 52.3 Å². The van der Waals surface area contributed by atoms with Crippen molar-refractivity contribution < 1.29 is 32.8 Å². The molecule has 2 fully saturated rings. The Labute approximate surface area is 428 Å². The summed E-state index contributed by atoms with van der Waals surface area (Å²) in [6.07, 6.45) is 8.20. The van der Waals surface area contributed by atoms with Crippen molar-refractivity contribution in [3.63, 3.8) is 0 Å². The number of carbonyl (C=O) groups excluding carboxylic acids is 5. The summed E-state index contributed by atoms with van der Waals surface area (Å²) < 4.78 is 27.9. The molecule has 7 rings (SSSR count). The summed E-state index contributed by atoms with van der Waals surface area (Å²) in [5, 5.41) is 23.2. The number of nitrogens with one attached hydrogen (secondary N) is 4. The molecule has 2 aliphatic heterocycles. The third-order valence-electron chi connectivity index (χ3n) is 13.9. The lowest BCUT2D eigenvalue weighted by atomic mass is 9.80. The average Bonchev–Trinajstić information content (AvgIpc) is 3.79. The monoisotopic (exact) mass is 1000 g/mol. The number of halogens is 2. The first-order valence-corrected chi connectivity index (χ1v) is 25.4. The van der Waals surface area contributed by atoms with E-state index in [4.69, 9.17) is 0 Å². The van der Waals surface area contributed by atoms with Gasteiger partial charge in [0.2, 0.25) is 0 Å². The van der Waals surface area contributed by atoms with Gasteiger partial charge in [-0.15, -0.1) is 5.10 Å². The van der Waals surface area contributed by atoms with E-state index in [-0.39, 0.29) is 47.1 Å². The number of amides is 4. The summed E-state index contributed by atoms with van der Waals surface area (Å²) in [5.74, 6) is 0.933. The minimum Gasteiger partial charge on any atom is -0.338 e. The number of aromatic nitrogens is 4. The highest BCUT2D eigenvalue weighted by molar-refractivity contribution is 6.02. The van der Waals surface area contributed by atoms with Gasteiger partial charge in [-0.3, -0.25) is 14.4 Å². The number of piperidine rings is 2. The first-order valence-electron chi connectivity index (χ1n) is 25.4. The topological polar surface area (TPSA) is 184 Å². The zero-order chi connectivity index (χ0) is 52.7. The van der Waals surface area contributed by atoms with Crippen molar-refractivity contribution in [2.24, 2.45) is 18.9 Å². The number of nitrogens with zero attached hydrogens (tertiary/aromatic N) is 6. The second-order valence-corrected chi connectivity index (χ2v) is 20.3. The number of ketones is 3. The molecule has 17 heteroatoms. The Morgan fingerprint density at radius 3 is 1.77 bits per heavy atom. The van der Waals surface area contributed by atoms with Crippen LogP contribution < -0.4 is 21.3 Å². The molecule has 4 amide bonds. The van der Waals surface area contributed by atoms with Crippen LogP contribution in [0.4, 0.5) is 29.7 Å². The average molecular weight is 1000 g/mol. The van der Waals surface area contributed by atoms with Crippen LogP contribution in [0.2, 0.25) is 0 Å². The van der Waals surface area contributed by atoms with Gasteiger partial charge in [0.15, 0.2) is 17.4 Å². The molecule has 3 atom stereocenters. The fourth-order valence-corrected chi connectivity index (χ4v) is 9.44. The van der Waals surface area contributed by atoms with Crippen molar-refractivity contribution >= 4 is 40.8 Å². The Hall–Kier alpha value is -6.72.